The molecule has 0 aromatic rings. The van der Waals surface area contributed by atoms with E-state index < -0.39 is 12.1 Å². The van der Waals surface area contributed by atoms with Crippen molar-refractivity contribution in [3.8, 4) is 0 Å². The lowest BCUT2D eigenvalue weighted by molar-refractivity contribution is -0.146. The van der Waals surface area contributed by atoms with E-state index in [1.54, 1.807) is 9.80 Å². The molecule has 2 atom stereocenters. The summed E-state index contributed by atoms with van der Waals surface area (Å²) in [6.07, 6.45) is 2.22. The molecule has 2 rings (SSSR count). The van der Waals surface area contributed by atoms with Crippen molar-refractivity contribution in [2.45, 2.75) is 37.8 Å². The van der Waals surface area contributed by atoms with E-state index in [4.69, 9.17) is 5.73 Å². The molecule has 6 heteroatoms. The van der Waals surface area contributed by atoms with Crippen LogP contribution in [0.15, 0.2) is 0 Å². The molecule has 2 heterocycles. The second kappa shape index (κ2) is 5.67. The quantitative estimate of drug-likeness (QED) is 0.669. The first kappa shape index (κ1) is 13.3. The summed E-state index contributed by atoms with van der Waals surface area (Å²) in [7, 11) is 0. The number of rotatable bonds is 4. The molecule has 2 aliphatic heterocycles. The number of carbonyl (C=O) groups is 2. The maximum absolute atomic E-state index is 11.8. The zero-order valence-corrected chi connectivity index (χ0v) is 10.5. The van der Waals surface area contributed by atoms with Gasteiger partial charge in [0, 0.05) is 32.6 Å². The summed E-state index contributed by atoms with van der Waals surface area (Å²) < 4.78 is 0. The van der Waals surface area contributed by atoms with Crippen LogP contribution in [0.4, 0.5) is 0 Å². The number of hydrogen-bond donors (Lipinski definition) is 2. The molecule has 0 aliphatic carbocycles. The Morgan fingerprint density at radius 1 is 1.28 bits per heavy atom. The largest absolute Gasteiger partial charge is 0.382 e. The molecule has 1 unspecified atom stereocenters. The maximum atomic E-state index is 11.8. The Morgan fingerprint density at radius 3 is 2.56 bits per heavy atom. The van der Waals surface area contributed by atoms with Crippen LogP contribution < -0.4 is 5.73 Å². The van der Waals surface area contributed by atoms with Gasteiger partial charge in [0.15, 0.2) is 0 Å². The van der Waals surface area contributed by atoms with E-state index in [-0.39, 0.29) is 18.4 Å². The molecular weight excluding hydrogens is 234 g/mol. The van der Waals surface area contributed by atoms with Gasteiger partial charge in [0.1, 0.15) is 6.10 Å². The minimum absolute atomic E-state index is 0.0697. The highest BCUT2D eigenvalue weighted by Gasteiger charge is 2.32. The summed E-state index contributed by atoms with van der Waals surface area (Å²) in [6.45, 7) is 2.34. The molecule has 2 amide bonds. The highest BCUT2D eigenvalue weighted by molar-refractivity contribution is 5.82. The number of aliphatic hydroxyl groups excluding tert-OH is 1. The number of likely N-dealkylation sites (tertiary alicyclic amines) is 2. The van der Waals surface area contributed by atoms with E-state index in [9.17, 15) is 14.7 Å². The van der Waals surface area contributed by atoms with Crippen molar-refractivity contribution < 1.29 is 14.7 Å². The van der Waals surface area contributed by atoms with Crippen LogP contribution in [0.2, 0.25) is 0 Å². The molecule has 0 radical (unpaired) electrons. The van der Waals surface area contributed by atoms with Crippen molar-refractivity contribution in [2.75, 3.05) is 26.2 Å². The van der Waals surface area contributed by atoms with Crippen molar-refractivity contribution in [2.24, 2.45) is 5.73 Å². The minimum atomic E-state index is -1.19. The first-order valence-corrected chi connectivity index (χ1v) is 6.60. The van der Waals surface area contributed by atoms with Gasteiger partial charge in [-0.05, 0) is 19.3 Å². The fourth-order valence-electron chi connectivity index (χ4n) is 2.32. The molecule has 6 nitrogen and oxygen atoms in total. The van der Waals surface area contributed by atoms with E-state index in [2.05, 4.69) is 0 Å². The molecule has 0 aromatic carbocycles. The summed E-state index contributed by atoms with van der Waals surface area (Å²) >= 11 is 0. The van der Waals surface area contributed by atoms with Crippen LogP contribution in [-0.4, -0.2) is 65.0 Å². The fraction of sp³-hybridized carbons (Fsp3) is 0.833. The van der Waals surface area contributed by atoms with Gasteiger partial charge in [0.25, 0.3) is 5.91 Å². The lowest BCUT2D eigenvalue weighted by Gasteiger charge is -2.35. The molecule has 0 bridgehead atoms. The minimum Gasteiger partial charge on any atom is -0.382 e. The molecule has 0 aromatic heterocycles. The smallest absolute Gasteiger partial charge is 0.253 e. The molecule has 2 saturated heterocycles. The van der Waals surface area contributed by atoms with Gasteiger partial charge in [-0.25, -0.2) is 0 Å². The number of amides is 2. The van der Waals surface area contributed by atoms with Gasteiger partial charge in [0.2, 0.25) is 5.91 Å². The molecule has 3 N–H and O–H groups in total. The molecule has 18 heavy (non-hydrogen) atoms. The Bertz CT molecular complexity index is 331. The van der Waals surface area contributed by atoms with Crippen molar-refractivity contribution >= 4 is 11.8 Å². The van der Waals surface area contributed by atoms with E-state index in [0.717, 1.165) is 19.3 Å². The van der Waals surface area contributed by atoms with Crippen molar-refractivity contribution in [1.29, 1.82) is 0 Å². The molecular formula is C12H21N3O3. The second-order valence-corrected chi connectivity index (χ2v) is 5.08. The summed E-state index contributed by atoms with van der Waals surface area (Å²) in [5.41, 5.74) is 5.84. The molecule has 2 aliphatic rings. The average molecular weight is 255 g/mol. The van der Waals surface area contributed by atoms with Crippen LogP contribution in [0.3, 0.4) is 0 Å². The van der Waals surface area contributed by atoms with E-state index in [1.807, 2.05) is 0 Å². The predicted octanol–water partition coefficient (Wildman–Crippen LogP) is -1.08. The second-order valence-electron chi connectivity index (χ2n) is 5.08. The van der Waals surface area contributed by atoms with Crippen LogP contribution in [0.5, 0.6) is 0 Å². The zero-order valence-electron chi connectivity index (χ0n) is 10.5. The summed E-state index contributed by atoms with van der Waals surface area (Å²) in [5, 5.41) is 9.88. The fourth-order valence-corrected chi connectivity index (χ4v) is 2.32. The number of piperidine rings is 1. The highest BCUT2D eigenvalue weighted by Crippen LogP contribution is 2.13. The lowest BCUT2D eigenvalue weighted by atomic mass is 10.1. The van der Waals surface area contributed by atoms with Gasteiger partial charge >= 0.3 is 0 Å². The average Bonchev–Trinajstić information content (AvgIpc) is 2.28. The van der Waals surface area contributed by atoms with E-state index in [1.165, 1.54) is 0 Å². The maximum Gasteiger partial charge on any atom is 0.253 e. The van der Waals surface area contributed by atoms with Gasteiger partial charge in [-0.1, -0.05) is 0 Å². The SMILES string of the molecule is N[C@@H](CN1CCCCC1=O)C(O)C(=O)N1CCC1. The number of nitrogens with zero attached hydrogens (tertiary/aromatic N) is 2. The molecule has 0 saturated carbocycles. The van der Waals surface area contributed by atoms with Crippen molar-refractivity contribution in [1.82, 2.24) is 9.80 Å². The summed E-state index contributed by atoms with van der Waals surface area (Å²) in [6, 6.07) is -0.694. The van der Waals surface area contributed by atoms with Gasteiger partial charge in [-0.2, -0.15) is 0 Å². The Kier molecular flexibility index (Phi) is 4.19. The van der Waals surface area contributed by atoms with Crippen LogP contribution in [0.1, 0.15) is 25.7 Å². The molecule has 2 fully saturated rings. The number of nitrogens with two attached hydrogens (primary N) is 1. The molecule has 0 spiro atoms. The lowest BCUT2D eigenvalue weighted by Crippen LogP contribution is -2.56. The predicted molar refractivity (Wildman–Crippen MR) is 65.6 cm³/mol. The van der Waals surface area contributed by atoms with Gasteiger partial charge in [-0.15, -0.1) is 0 Å². The van der Waals surface area contributed by atoms with Gasteiger partial charge in [-0.3, -0.25) is 9.59 Å². The standard InChI is InChI=1S/C12H21N3O3/c13-9(8-15-5-2-1-4-10(15)16)11(17)12(18)14-6-3-7-14/h9,11,17H,1-8,13H2/t9-,11?/m0/s1. The highest BCUT2D eigenvalue weighted by atomic mass is 16.3. The molecule has 102 valence electrons. The number of aliphatic hydroxyl groups is 1. The normalized spacial score (nSPS) is 23.6. The van der Waals surface area contributed by atoms with Crippen LogP contribution in [-0.2, 0) is 9.59 Å². The first-order chi connectivity index (χ1) is 8.59. The van der Waals surface area contributed by atoms with Crippen molar-refractivity contribution in [3.05, 3.63) is 0 Å². The number of hydrogen-bond acceptors (Lipinski definition) is 4. The van der Waals surface area contributed by atoms with Crippen LogP contribution >= 0.6 is 0 Å². The van der Waals surface area contributed by atoms with E-state index >= 15 is 0 Å². The third-order valence-electron chi connectivity index (χ3n) is 3.68. The Morgan fingerprint density at radius 2 is 2.00 bits per heavy atom. The Hall–Kier alpha value is -1.14. The topological polar surface area (TPSA) is 86.9 Å². The van der Waals surface area contributed by atoms with Crippen LogP contribution in [0, 0.1) is 0 Å². The Balaban J connectivity index is 1.84. The summed E-state index contributed by atoms with van der Waals surface area (Å²) in [5.74, 6) is -0.237. The zero-order chi connectivity index (χ0) is 13.1. The third-order valence-corrected chi connectivity index (χ3v) is 3.68. The summed E-state index contributed by atoms with van der Waals surface area (Å²) in [4.78, 5) is 26.7. The van der Waals surface area contributed by atoms with E-state index in [0.29, 0.717) is 26.1 Å². The van der Waals surface area contributed by atoms with Gasteiger partial charge in [0.05, 0.1) is 6.04 Å². The third kappa shape index (κ3) is 2.81. The van der Waals surface area contributed by atoms with Crippen LogP contribution in [0.25, 0.3) is 0 Å². The van der Waals surface area contributed by atoms with Gasteiger partial charge < -0.3 is 20.6 Å². The monoisotopic (exact) mass is 255 g/mol. The first-order valence-electron chi connectivity index (χ1n) is 6.60. The Labute approximate surface area is 107 Å². The van der Waals surface area contributed by atoms with Crippen molar-refractivity contribution in [3.63, 3.8) is 0 Å². The number of carbonyl (C=O) groups excluding carboxylic acids is 2.